The summed E-state index contributed by atoms with van der Waals surface area (Å²) in [6.07, 6.45) is -1.94. The van der Waals surface area contributed by atoms with Gasteiger partial charge in [-0.25, -0.2) is 10.2 Å². The van der Waals surface area contributed by atoms with Gasteiger partial charge in [0.05, 0.1) is 31.2 Å². The Morgan fingerprint density at radius 1 is 1.15 bits per heavy atom. The van der Waals surface area contributed by atoms with E-state index in [1.807, 2.05) is 0 Å². The number of nitrogens with zero attached hydrogens (tertiary/aromatic N) is 2. The molecule has 2 saturated carbocycles. The fourth-order valence-electron chi connectivity index (χ4n) is 5.39. The molecular weight excluding hydrogens is 430 g/mol. The van der Waals surface area contributed by atoms with Crippen LogP contribution < -0.4 is 10.2 Å². The highest BCUT2D eigenvalue weighted by atomic mass is 16.6. The molecule has 2 aliphatic carbocycles. The Bertz CT molecular complexity index is 948. The molecule has 6 atom stereocenters. The SMILES string of the molecule is CCN1C(=O)[C@H]2[C@H]3[C@H](O)[C@H](O)C/C(=N\NC(=O)OCc4ccc(OC)cc4)[C@H]3CC[C@H]2C1=O. The summed E-state index contributed by atoms with van der Waals surface area (Å²) < 4.78 is 10.3. The number of aliphatic hydroxyl groups excluding tert-OH is 2. The van der Waals surface area contributed by atoms with Crippen LogP contribution in [0, 0.1) is 23.7 Å². The van der Waals surface area contributed by atoms with Gasteiger partial charge >= 0.3 is 6.09 Å². The average molecular weight is 459 g/mol. The zero-order valence-electron chi connectivity index (χ0n) is 18.6. The Morgan fingerprint density at radius 2 is 1.85 bits per heavy atom. The number of carbonyl (C=O) groups excluding carboxylic acids is 3. The Balaban J connectivity index is 1.44. The van der Waals surface area contributed by atoms with Gasteiger partial charge in [0.25, 0.3) is 0 Å². The summed E-state index contributed by atoms with van der Waals surface area (Å²) >= 11 is 0. The van der Waals surface area contributed by atoms with Crippen molar-refractivity contribution in [2.75, 3.05) is 13.7 Å². The van der Waals surface area contributed by atoms with Crippen molar-refractivity contribution in [3.05, 3.63) is 29.8 Å². The van der Waals surface area contributed by atoms with Gasteiger partial charge in [-0.15, -0.1) is 0 Å². The number of likely N-dealkylation sites (tertiary alicyclic amines) is 1. The van der Waals surface area contributed by atoms with Crippen LogP contribution in [-0.4, -0.2) is 64.6 Å². The highest BCUT2D eigenvalue weighted by molar-refractivity contribution is 6.06. The molecule has 178 valence electrons. The van der Waals surface area contributed by atoms with E-state index in [0.29, 0.717) is 24.3 Å². The number of amides is 3. The van der Waals surface area contributed by atoms with Gasteiger partial charge in [0.2, 0.25) is 11.8 Å². The molecule has 1 aromatic rings. The number of benzene rings is 1. The summed E-state index contributed by atoms with van der Waals surface area (Å²) in [6.45, 7) is 2.07. The molecular formula is C23H29N3O7. The number of rotatable bonds is 5. The molecule has 33 heavy (non-hydrogen) atoms. The number of fused-ring (bicyclic) bond motifs is 3. The number of nitrogens with one attached hydrogen (secondary N) is 1. The molecule has 1 heterocycles. The van der Waals surface area contributed by atoms with Crippen molar-refractivity contribution >= 4 is 23.6 Å². The van der Waals surface area contributed by atoms with Crippen LogP contribution in [0.15, 0.2) is 29.4 Å². The third kappa shape index (κ3) is 4.32. The zero-order chi connectivity index (χ0) is 23.7. The van der Waals surface area contributed by atoms with Gasteiger partial charge in [0.15, 0.2) is 0 Å². The van der Waals surface area contributed by atoms with Crippen molar-refractivity contribution in [1.29, 1.82) is 0 Å². The fourth-order valence-corrected chi connectivity index (χ4v) is 5.39. The lowest BCUT2D eigenvalue weighted by Gasteiger charge is -2.45. The van der Waals surface area contributed by atoms with Crippen LogP contribution in [0.5, 0.6) is 5.75 Å². The number of carbonyl (C=O) groups is 3. The number of imide groups is 1. The number of aliphatic hydroxyl groups is 2. The van der Waals surface area contributed by atoms with Crippen molar-refractivity contribution in [3.8, 4) is 5.75 Å². The van der Waals surface area contributed by atoms with Crippen molar-refractivity contribution in [1.82, 2.24) is 10.3 Å². The van der Waals surface area contributed by atoms with Gasteiger partial charge in [0, 0.05) is 30.5 Å². The van der Waals surface area contributed by atoms with E-state index >= 15 is 0 Å². The molecule has 10 heteroatoms. The van der Waals surface area contributed by atoms with Crippen molar-refractivity contribution < 1.29 is 34.1 Å². The molecule has 3 N–H and O–H groups in total. The van der Waals surface area contributed by atoms with Gasteiger partial charge in [-0.2, -0.15) is 5.10 Å². The minimum absolute atomic E-state index is 0.0429. The molecule has 3 amide bonds. The maximum atomic E-state index is 12.9. The monoisotopic (exact) mass is 459 g/mol. The summed E-state index contributed by atoms with van der Waals surface area (Å²) in [5, 5.41) is 25.3. The summed E-state index contributed by atoms with van der Waals surface area (Å²) in [4.78, 5) is 38.9. The first-order valence-corrected chi connectivity index (χ1v) is 11.2. The molecule has 1 aliphatic heterocycles. The van der Waals surface area contributed by atoms with Crippen molar-refractivity contribution in [3.63, 3.8) is 0 Å². The molecule has 3 fully saturated rings. The first kappa shape index (κ1) is 23.2. The predicted molar refractivity (Wildman–Crippen MR) is 116 cm³/mol. The molecule has 1 aromatic carbocycles. The fraction of sp³-hybridized carbons (Fsp3) is 0.565. The minimum Gasteiger partial charge on any atom is -0.497 e. The van der Waals surface area contributed by atoms with Crippen molar-refractivity contribution in [2.24, 2.45) is 28.8 Å². The number of hydrogen-bond acceptors (Lipinski definition) is 8. The second-order valence-electron chi connectivity index (χ2n) is 8.72. The summed E-state index contributed by atoms with van der Waals surface area (Å²) in [7, 11) is 1.57. The molecule has 0 radical (unpaired) electrons. The predicted octanol–water partition coefficient (Wildman–Crippen LogP) is 1.05. The first-order chi connectivity index (χ1) is 15.8. The van der Waals surface area contributed by atoms with Gasteiger partial charge in [-0.1, -0.05) is 12.1 Å². The van der Waals surface area contributed by atoms with Crippen LogP contribution >= 0.6 is 0 Å². The molecule has 0 aromatic heterocycles. The average Bonchev–Trinajstić information content (AvgIpc) is 3.08. The van der Waals surface area contributed by atoms with E-state index in [0.717, 1.165) is 5.56 Å². The van der Waals surface area contributed by atoms with E-state index in [2.05, 4.69) is 10.5 Å². The van der Waals surface area contributed by atoms with Crippen LogP contribution in [0.3, 0.4) is 0 Å². The second kappa shape index (κ2) is 9.48. The van der Waals surface area contributed by atoms with Crippen LogP contribution in [-0.2, 0) is 20.9 Å². The van der Waals surface area contributed by atoms with E-state index in [1.165, 1.54) is 4.90 Å². The first-order valence-electron chi connectivity index (χ1n) is 11.2. The number of hydrogen-bond donors (Lipinski definition) is 3. The van der Waals surface area contributed by atoms with Gasteiger partial charge in [-0.05, 0) is 37.5 Å². The Hall–Kier alpha value is -2.98. The minimum atomic E-state index is -1.14. The maximum absolute atomic E-state index is 12.9. The standard InChI is InChI=1S/C23H29N3O7/c1-3-26-21(29)15-9-8-14-16(10-17(27)20(28)18(14)19(15)22(26)30)24-25-23(31)33-11-12-4-6-13(32-2)7-5-12/h4-7,14-15,17-20,27-28H,3,8-11H2,1-2H3,(H,25,31)/b24-16+/t14-,15-,17-,18+,19-,20-/m1/s1. The van der Waals surface area contributed by atoms with E-state index in [-0.39, 0.29) is 37.3 Å². The Labute approximate surface area is 191 Å². The normalized spacial score (nSPS) is 32.4. The van der Waals surface area contributed by atoms with Crippen LogP contribution in [0.4, 0.5) is 4.79 Å². The number of methoxy groups -OCH3 is 1. The summed E-state index contributed by atoms with van der Waals surface area (Å²) in [5.41, 5.74) is 3.63. The smallest absolute Gasteiger partial charge is 0.428 e. The lowest BCUT2D eigenvalue weighted by Crippen LogP contribution is -2.55. The third-order valence-electron chi connectivity index (χ3n) is 7.01. The molecule has 0 bridgehead atoms. The molecule has 1 saturated heterocycles. The molecule has 10 nitrogen and oxygen atoms in total. The highest BCUT2D eigenvalue weighted by Crippen LogP contribution is 2.49. The van der Waals surface area contributed by atoms with Gasteiger partial charge < -0.3 is 19.7 Å². The van der Waals surface area contributed by atoms with Crippen LogP contribution in [0.25, 0.3) is 0 Å². The number of ether oxygens (including phenoxy) is 2. The van der Waals surface area contributed by atoms with Crippen LogP contribution in [0.1, 0.15) is 31.7 Å². The van der Waals surface area contributed by atoms with Gasteiger partial charge in [0.1, 0.15) is 12.4 Å². The maximum Gasteiger partial charge on any atom is 0.428 e. The summed E-state index contributed by atoms with van der Waals surface area (Å²) in [5.74, 6) is -1.94. The van der Waals surface area contributed by atoms with Crippen molar-refractivity contribution in [2.45, 2.75) is 45.0 Å². The topological polar surface area (TPSA) is 138 Å². The molecule has 0 spiro atoms. The lowest BCUT2D eigenvalue weighted by molar-refractivity contribution is -0.141. The van der Waals surface area contributed by atoms with E-state index in [9.17, 15) is 24.6 Å². The Kier molecular flexibility index (Phi) is 6.66. The zero-order valence-corrected chi connectivity index (χ0v) is 18.6. The Morgan fingerprint density at radius 3 is 2.52 bits per heavy atom. The third-order valence-corrected chi connectivity index (χ3v) is 7.01. The van der Waals surface area contributed by atoms with E-state index in [4.69, 9.17) is 9.47 Å². The van der Waals surface area contributed by atoms with Crippen LogP contribution in [0.2, 0.25) is 0 Å². The quantitative estimate of drug-likeness (QED) is 0.442. The molecule has 4 rings (SSSR count). The number of hydrazone groups is 1. The largest absolute Gasteiger partial charge is 0.497 e. The summed E-state index contributed by atoms with van der Waals surface area (Å²) in [6, 6.07) is 7.08. The van der Waals surface area contributed by atoms with E-state index in [1.54, 1.807) is 38.3 Å². The van der Waals surface area contributed by atoms with Gasteiger partial charge in [-0.3, -0.25) is 14.5 Å². The highest BCUT2D eigenvalue weighted by Gasteiger charge is 2.59. The molecule has 3 aliphatic rings. The molecule has 0 unspecified atom stereocenters. The van der Waals surface area contributed by atoms with E-state index < -0.39 is 36.1 Å². The second-order valence-corrected chi connectivity index (χ2v) is 8.72. The lowest BCUT2D eigenvalue weighted by atomic mass is 9.60.